The van der Waals surface area contributed by atoms with E-state index in [2.05, 4.69) is 41.9 Å². The molecule has 3 heteroatoms. The van der Waals surface area contributed by atoms with Gasteiger partial charge < -0.3 is 9.47 Å². The van der Waals surface area contributed by atoms with Crippen molar-refractivity contribution in [2.45, 2.75) is 49.3 Å². The van der Waals surface area contributed by atoms with Crippen LogP contribution >= 0.6 is 15.9 Å². The third kappa shape index (κ3) is 1.90. The number of alkyl halides is 1. The van der Waals surface area contributed by atoms with Crippen LogP contribution in [-0.2, 0) is 9.47 Å². The van der Waals surface area contributed by atoms with Crippen molar-refractivity contribution >= 4 is 15.9 Å². The van der Waals surface area contributed by atoms with Crippen LogP contribution in [0.3, 0.4) is 0 Å². The normalized spacial score (nSPS) is 41.5. The van der Waals surface area contributed by atoms with E-state index in [1.54, 1.807) is 0 Å². The summed E-state index contributed by atoms with van der Waals surface area (Å²) in [6.45, 7) is 4.95. The molecule has 2 heterocycles. The maximum absolute atomic E-state index is 6.06. The molecule has 0 N–H and O–H groups in total. The monoisotopic (exact) mass is 260 g/mol. The molecule has 2 rings (SSSR count). The van der Waals surface area contributed by atoms with Gasteiger partial charge in [-0.2, -0.15) is 0 Å². The van der Waals surface area contributed by atoms with Crippen LogP contribution in [0.2, 0.25) is 0 Å². The molecule has 0 aromatic heterocycles. The molecule has 80 valence electrons. The smallest absolute Gasteiger partial charge is 0.185 e. The molecule has 2 nitrogen and oxygen atoms in total. The molecule has 0 amide bonds. The lowest BCUT2D eigenvalue weighted by atomic mass is 9.95. The first kappa shape index (κ1) is 10.7. The minimum Gasteiger partial charge on any atom is -0.348 e. The van der Waals surface area contributed by atoms with Crippen LogP contribution in [0.15, 0.2) is 12.2 Å². The van der Waals surface area contributed by atoms with Gasteiger partial charge in [-0.25, -0.2) is 0 Å². The van der Waals surface area contributed by atoms with Gasteiger partial charge in [-0.3, -0.25) is 0 Å². The summed E-state index contributed by atoms with van der Waals surface area (Å²) in [5.74, 6) is -0.420. The summed E-state index contributed by atoms with van der Waals surface area (Å²) in [7, 11) is 0. The lowest BCUT2D eigenvalue weighted by Crippen LogP contribution is -2.53. The Morgan fingerprint density at radius 1 is 1.36 bits per heavy atom. The first-order valence-electron chi connectivity index (χ1n) is 5.22. The summed E-state index contributed by atoms with van der Waals surface area (Å²) in [5.41, 5.74) is -0.207. The Morgan fingerprint density at radius 3 is 2.79 bits per heavy atom. The van der Waals surface area contributed by atoms with Gasteiger partial charge in [-0.1, -0.05) is 28.1 Å². The Balaban J connectivity index is 2.21. The van der Waals surface area contributed by atoms with E-state index in [-0.39, 0.29) is 10.4 Å². The molecule has 2 atom stereocenters. The van der Waals surface area contributed by atoms with Gasteiger partial charge in [0.15, 0.2) is 5.79 Å². The summed E-state index contributed by atoms with van der Waals surface area (Å²) >= 11 is 3.62. The van der Waals surface area contributed by atoms with Crippen LogP contribution in [-0.4, -0.2) is 22.8 Å². The van der Waals surface area contributed by atoms with Gasteiger partial charge in [0.1, 0.15) is 0 Å². The first-order valence-corrected chi connectivity index (χ1v) is 6.13. The van der Waals surface area contributed by atoms with Crippen molar-refractivity contribution in [1.29, 1.82) is 0 Å². The van der Waals surface area contributed by atoms with Crippen molar-refractivity contribution in [3.63, 3.8) is 0 Å². The second-order valence-electron chi connectivity index (χ2n) is 4.58. The average Bonchev–Trinajstić information content (AvgIpc) is 2.13. The van der Waals surface area contributed by atoms with E-state index < -0.39 is 5.79 Å². The SMILES string of the molecule is CC1(C)C=C[C@H](Br)[C@]2(CCCCO2)O1. The van der Waals surface area contributed by atoms with Crippen LogP contribution in [0.5, 0.6) is 0 Å². The number of ether oxygens (including phenoxy) is 2. The highest BCUT2D eigenvalue weighted by molar-refractivity contribution is 9.09. The van der Waals surface area contributed by atoms with E-state index in [0.29, 0.717) is 0 Å². The molecule has 1 saturated heterocycles. The molecule has 0 aliphatic carbocycles. The number of halogens is 1. The Morgan fingerprint density at radius 2 is 2.14 bits per heavy atom. The molecule has 14 heavy (non-hydrogen) atoms. The summed E-state index contributed by atoms with van der Waals surface area (Å²) in [6.07, 6.45) is 7.56. The van der Waals surface area contributed by atoms with Gasteiger partial charge in [0, 0.05) is 6.42 Å². The highest BCUT2D eigenvalue weighted by Gasteiger charge is 2.46. The Labute approximate surface area is 93.8 Å². The van der Waals surface area contributed by atoms with Crippen LogP contribution in [0, 0.1) is 0 Å². The Bertz CT molecular complexity index is 242. The van der Waals surface area contributed by atoms with Crippen LogP contribution in [0.1, 0.15) is 33.1 Å². The average molecular weight is 261 g/mol. The molecule has 0 radical (unpaired) electrons. The predicted octanol–water partition coefficient (Wildman–Crippen LogP) is 3.01. The third-order valence-electron chi connectivity index (χ3n) is 2.79. The summed E-state index contributed by atoms with van der Waals surface area (Å²) in [5, 5.41) is 0. The third-order valence-corrected chi connectivity index (χ3v) is 3.79. The lowest BCUT2D eigenvalue weighted by Gasteiger charge is -2.46. The van der Waals surface area contributed by atoms with Gasteiger partial charge in [0.05, 0.1) is 17.0 Å². The van der Waals surface area contributed by atoms with Crippen molar-refractivity contribution in [2.75, 3.05) is 6.61 Å². The molecular weight excluding hydrogens is 244 g/mol. The van der Waals surface area contributed by atoms with E-state index in [1.807, 2.05) is 0 Å². The maximum Gasteiger partial charge on any atom is 0.185 e. The van der Waals surface area contributed by atoms with Crippen LogP contribution < -0.4 is 0 Å². The molecular formula is C11H17BrO2. The number of rotatable bonds is 0. The largest absolute Gasteiger partial charge is 0.348 e. The topological polar surface area (TPSA) is 18.5 Å². The molecule has 1 spiro atoms. The van der Waals surface area contributed by atoms with Gasteiger partial charge in [0.2, 0.25) is 0 Å². The lowest BCUT2D eigenvalue weighted by molar-refractivity contribution is -0.286. The van der Waals surface area contributed by atoms with Crippen molar-refractivity contribution < 1.29 is 9.47 Å². The summed E-state index contributed by atoms with van der Waals surface area (Å²) in [6, 6.07) is 0. The first-order chi connectivity index (χ1) is 6.54. The molecule has 0 aromatic rings. The quantitative estimate of drug-likeness (QED) is 0.493. The molecule has 1 fully saturated rings. The van der Waals surface area contributed by atoms with E-state index in [0.717, 1.165) is 19.4 Å². The highest BCUT2D eigenvalue weighted by atomic mass is 79.9. The fourth-order valence-corrected chi connectivity index (χ4v) is 2.69. The van der Waals surface area contributed by atoms with Crippen molar-refractivity contribution in [3.05, 3.63) is 12.2 Å². The zero-order valence-corrected chi connectivity index (χ0v) is 10.3. The second kappa shape index (κ2) is 3.62. The number of hydrogen-bond acceptors (Lipinski definition) is 2. The fourth-order valence-electron chi connectivity index (χ4n) is 2.09. The molecule has 2 aliphatic heterocycles. The minimum atomic E-state index is -0.420. The van der Waals surface area contributed by atoms with Gasteiger partial charge in [0.25, 0.3) is 0 Å². The fraction of sp³-hybridized carbons (Fsp3) is 0.818. The zero-order chi connectivity index (χ0) is 10.2. The molecule has 2 aliphatic rings. The van der Waals surface area contributed by atoms with Crippen molar-refractivity contribution in [3.8, 4) is 0 Å². The van der Waals surface area contributed by atoms with Crippen LogP contribution in [0.4, 0.5) is 0 Å². The van der Waals surface area contributed by atoms with Gasteiger partial charge >= 0.3 is 0 Å². The molecule has 0 aromatic carbocycles. The van der Waals surface area contributed by atoms with E-state index in [9.17, 15) is 0 Å². The molecule has 0 bridgehead atoms. The zero-order valence-electron chi connectivity index (χ0n) is 8.75. The van der Waals surface area contributed by atoms with Gasteiger partial charge in [-0.05, 0) is 26.7 Å². The Kier molecular flexibility index (Phi) is 2.75. The van der Waals surface area contributed by atoms with Crippen molar-refractivity contribution in [1.82, 2.24) is 0 Å². The number of hydrogen-bond donors (Lipinski definition) is 0. The van der Waals surface area contributed by atoms with Crippen molar-refractivity contribution in [2.24, 2.45) is 0 Å². The van der Waals surface area contributed by atoms with Gasteiger partial charge in [-0.15, -0.1) is 0 Å². The predicted molar refractivity (Wildman–Crippen MR) is 59.6 cm³/mol. The molecule has 0 saturated carbocycles. The van der Waals surface area contributed by atoms with E-state index >= 15 is 0 Å². The molecule has 0 unspecified atom stereocenters. The second-order valence-corrected chi connectivity index (χ2v) is 5.57. The highest BCUT2D eigenvalue weighted by Crippen LogP contribution is 2.41. The van der Waals surface area contributed by atoms with E-state index in [4.69, 9.17) is 9.47 Å². The van der Waals surface area contributed by atoms with E-state index in [1.165, 1.54) is 6.42 Å². The maximum atomic E-state index is 6.06. The standard InChI is InChI=1S/C11H17BrO2/c1-10(2)7-5-9(12)11(14-10)6-3-4-8-13-11/h5,7,9H,3-4,6,8H2,1-2H3/t9-,11-/m0/s1. The minimum absolute atomic E-state index is 0.184. The summed E-state index contributed by atoms with van der Waals surface area (Å²) in [4.78, 5) is 0.184. The summed E-state index contributed by atoms with van der Waals surface area (Å²) < 4.78 is 11.9. The van der Waals surface area contributed by atoms with Crippen LogP contribution in [0.25, 0.3) is 0 Å². The Hall–Kier alpha value is 0.140.